The van der Waals surface area contributed by atoms with Crippen LogP contribution in [0.3, 0.4) is 0 Å². The number of esters is 1. The molecule has 2 amide bonds. The summed E-state index contributed by atoms with van der Waals surface area (Å²) >= 11 is 0. The van der Waals surface area contributed by atoms with E-state index < -0.39 is 54.1 Å². The maximum absolute atomic E-state index is 13.5. The highest BCUT2D eigenvalue weighted by atomic mass is 19.2. The van der Waals surface area contributed by atoms with Crippen LogP contribution in [0.2, 0.25) is 0 Å². The SMILES string of the molecule is Cn1c(=O)n(CCC(=O)OCC(=O)NCC(=O)Nc2ccc(F)c(F)c2F)c2ccccc21. The number of ether oxygens (including phenoxy) is 1. The highest BCUT2D eigenvalue weighted by Crippen LogP contribution is 2.19. The number of aryl methyl sites for hydroxylation is 2. The monoisotopic (exact) mass is 464 g/mol. The lowest BCUT2D eigenvalue weighted by Crippen LogP contribution is -2.35. The summed E-state index contributed by atoms with van der Waals surface area (Å²) in [5.74, 6) is -7.19. The minimum Gasteiger partial charge on any atom is -0.456 e. The zero-order chi connectivity index (χ0) is 24.1. The van der Waals surface area contributed by atoms with Gasteiger partial charge in [-0.15, -0.1) is 0 Å². The van der Waals surface area contributed by atoms with Crippen LogP contribution in [0.25, 0.3) is 11.0 Å². The molecule has 1 heterocycles. The van der Waals surface area contributed by atoms with Crippen LogP contribution < -0.4 is 16.3 Å². The topological polar surface area (TPSA) is 111 Å². The van der Waals surface area contributed by atoms with Gasteiger partial charge in [0.1, 0.15) is 0 Å². The van der Waals surface area contributed by atoms with Crippen molar-refractivity contribution in [1.29, 1.82) is 0 Å². The smallest absolute Gasteiger partial charge is 0.328 e. The molecule has 0 atom stereocenters. The fourth-order valence-corrected chi connectivity index (χ4v) is 3.05. The number of halogens is 3. The minimum atomic E-state index is -1.74. The molecule has 0 aliphatic heterocycles. The quantitative estimate of drug-likeness (QED) is 0.387. The average Bonchev–Trinajstić information content (AvgIpc) is 3.05. The Labute approximate surface area is 184 Å². The average molecular weight is 464 g/mol. The first-order valence-corrected chi connectivity index (χ1v) is 9.69. The van der Waals surface area contributed by atoms with E-state index in [9.17, 15) is 32.3 Å². The number of para-hydroxylation sites is 2. The van der Waals surface area contributed by atoms with Crippen LogP contribution in [0.1, 0.15) is 6.42 Å². The highest BCUT2D eigenvalue weighted by Gasteiger charge is 2.16. The van der Waals surface area contributed by atoms with E-state index in [4.69, 9.17) is 4.74 Å². The van der Waals surface area contributed by atoms with Gasteiger partial charge in [0.25, 0.3) is 5.91 Å². The van der Waals surface area contributed by atoms with E-state index in [1.807, 2.05) is 5.32 Å². The molecule has 0 fully saturated rings. The molecular weight excluding hydrogens is 445 g/mol. The number of carbonyl (C=O) groups is 3. The van der Waals surface area contributed by atoms with Gasteiger partial charge in [-0.3, -0.25) is 23.5 Å². The number of nitrogens with zero attached hydrogens (tertiary/aromatic N) is 2. The molecule has 9 nitrogen and oxygen atoms in total. The Morgan fingerprint density at radius 3 is 2.39 bits per heavy atom. The zero-order valence-electron chi connectivity index (χ0n) is 17.4. The largest absolute Gasteiger partial charge is 0.456 e. The summed E-state index contributed by atoms with van der Waals surface area (Å²) in [5.41, 5.74) is 0.462. The second kappa shape index (κ2) is 10.0. The van der Waals surface area contributed by atoms with Crippen LogP contribution in [0.4, 0.5) is 18.9 Å². The summed E-state index contributed by atoms with van der Waals surface area (Å²) < 4.78 is 47.3. The number of nitrogens with one attached hydrogen (secondary N) is 2. The standard InChI is InChI=1S/C21H19F3N4O5/c1-27-14-4-2-3-5-15(14)28(21(27)32)9-8-18(31)33-11-17(30)25-10-16(29)26-13-7-6-12(22)19(23)20(13)24/h2-7H,8-11H2,1H3,(H,25,30)(H,26,29). The van der Waals surface area contributed by atoms with E-state index in [0.29, 0.717) is 17.1 Å². The molecule has 3 aromatic rings. The van der Waals surface area contributed by atoms with Gasteiger partial charge >= 0.3 is 11.7 Å². The highest BCUT2D eigenvalue weighted by molar-refractivity contribution is 5.95. The third kappa shape index (κ3) is 5.40. The molecule has 12 heteroatoms. The van der Waals surface area contributed by atoms with Crippen molar-refractivity contribution in [2.24, 2.45) is 7.05 Å². The van der Waals surface area contributed by atoms with Crippen molar-refractivity contribution < 1.29 is 32.3 Å². The lowest BCUT2D eigenvalue weighted by atomic mass is 10.2. The molecule has 0 radical (unpaired) electrons. The van der Waals surface area contributed by atoms with Gasteiger partial charge < -0.3 is 15.4 Å². The Morgan fingerprint density at radius 2 is 1.67 bits per heavy atom. The summed E-state index contributed by atoms with van der Waals surface area (Å²) in [6.07, 6.45) is -0.170. The van der Waals surface area contributed by atoms with Crippen LogP contribution >= 0.6 is 0 Å². The fourth-order valence-electron chi connectivity index (χ4n) is 3.05. The Kier molecular flexibility index (Phi) is 7.16. The predicted molar refractivity (Wildman–Crippen MR) is 111 cm³/mol. The number of anilines is 1. The van der Waals surface area contributed by atoms with Crippen molar-refractivity contribution in [3.05, 3.63) is 64.3 Å². The van der Waals surface area contributed by atoms with E-state index in [1.54, 1.807) is 31.3 Å². The molecule has 0 unspecified atom stereocenters. The van der Waals surface area contributed by atoms with E-state index in [2.05, 4.69) is 5.32 Å². The van der Waals surface area contributed by atoms with Gasteiger partial charge in [-0.05, 0) is 24.3 Å². The van der Waals surface area contributed by atoms with Gasteiger partial charge in [0.05, 0.1) is 29.7 Å². The molecule has 2 N–H and O–H groups in total. The molecule has 0 spiro atoms. The number of hydrogen-bond acceptors (Lipinski definition) is 5. The van der Waals surface area contributed by atoms with Crippen LogP contribution in [0.15, 0.2) is 41.2 Å². The zero-order valence-corrected chi connectivity index (χ0v) is 17.4. The number of fused-ring (bicyclic) bond motifs is 1. The Balaban J connectivity index is 1.43. The first kappa shape index (κ1) is 23.6. The molecule has 174 valence electrons. The molecule has 0 bridgehead atoms. The third-order valence-electron chi connectivity index (χ3n) is 4.71. The molecule has 33 heavy (non-hydrogen) atoms. The number of carbonyl (C=O) groups excluding carboxylic acids is 3. The van der Waals surface area contributed by atoms with Crippen molar-refractivity contribution in [3.63, 3.8) is 0 Å². The molecule has 3 rings (SSSR count). The van der Waals surface area contributed by atoms with Crippen molar-refractivity contribution in [2.75, 3.05) is 18.5 Å². The molecular formula is C21H19F3N4O5. The Bertz CT molecular complexity index is 1280. The normalized spacial score (nSPS) is 10.8. The number of imidazole rings is 1. The molecule has 1 aromatic heterocycles. The van der Waals surface area contributed by atoms with Crippen molar-refractivity contribution in [2.45, 2.75) is 13.0 Å². The fraction of sp³-hybridized carbons (Fsp3) is 0.238. The number of aromatic nitrogens is 2. The van der Waals surface area contributed by atoms with E-state index in [0.717, 1.165) is 6.07 Å². The number of amides is 2. The van der Waals surface area contributed by atoms with E-state index in [-0.39, 0.29) is 18.7 Å². The van der Waals surface area contributed by atoms with E-state index >= 15 is 0 Å². The molecule has 0 saturated carbocycles. The molecule has 0 aliphatic rings. The van der Waals surface area contributed by atoms with Crippen molar-refractivity contribution >= 4 is 34.5 Å². The minimum absolute atomic E-state index is 0.0445. The molecule has 0 saturated heterocycles. The summed E-state index contributed by atoms with van der Waals surface area (Å²) in [6, 6.07) is 8.53. The number of rotatable bonds is 8. The van der Waals surface area contributed by atoms with Gasteiger partial charge in [-0.25, -0.2) is 18.0 Å². The first-order chi connectivity index (χ1) is 15.7. The van der Waals surface area contributed by atoms with Gasteiger partial charge in [0.2, 0.25) is 5.91 Å². The maximum Gasteiger partial charge on any atom is 0.328 e. The van der Waals surface area contributed by atoms with Crippen LogP contribution in [0.5, 0.6) is 0 Å². The summed E-state index contributed by atoms with van der Waals surface area (Å²) in [6.45, 7) is -1.26. The van der Waals surface area contributed by atoms with Gasteiger partial charge in [-0.2, -0.15) is 0 Å². The second-order valence-corrected chi connectivity index (χ2v) is 6.94. The second-order valence-electron chi connectivity index (χ2n) is 6.94. The summed E-state index contributed by atoms with van der Waals surface area (Å²) in [4.78, 5) is 47.8. The van der Waals surface area contributed by atoms with Crippen LogP contribution in [-0.2, 0) is 32.7 Å². The molecule has 2 aromatic carbocycles. The van der Waals surface area contributed by atoms with Gasteiger partial charge in [-0.1, -0.05) is 12.1 Å². The summed E-state index contributed by atoms with van der Waals surface area (Å²) in [5, 5.41) is 4.12. The summed E-state index contributed by atoms with van der Waals surface area (Å²) in [7, 11) is 1.61. The molecule has 0 aliphatic carbocycles. The Morgan fingerprint density at radius 1 is 0.970 bits per heavy atom. The van der Waals surface area contributed by atoms with Gasteiger partial charge in [0, 0.05) is 13.6 Å². The van der Waals surface area contributed by atoms with Gasteiger partial charge in [0.15, 0.2) is 24.1 Å². The maximum atomic E-state index is 13.5. The van der Waals surface area contributed by atoms with Crippen molar-refractivity contribution in [3.8, 4) is 0 Å². The predicted octanol–water partition coefficient (Wildman–Crippen LogP) is 1.45. The Hall–Kier alpha value is -4.09. The van der Waals surface area contributed by atoms with Crippen molar-refractivity contribution in [1.82, 2.24) is 14.5 Å². The van der Waals surface area contributed by atoms with Crippen LogP contribution in [0, 0.1) is 17.5 Å². The van der Waals surface area contributed by atoms with E-state index in [1.165, 1.54) is 9.13 Å². The number of benzene rings is 2. The lowest BCUT2D eigenvalue weighted by Gasteiger charge is -2.09. The third-order valence-corrected chi connectivity index (χ3v) is 4.71. The first-order valence-electron chi connectivity index (χ1n) is 9.69. The lowest BCUT2D eigenvalue weighted by molar-refractivity contribution is -0.148. The van der Waals surface area contributed by atoms with Crippen LogP contribution in [-0.4, -0.2) is 40.1 Å². The number of hydrogen-bond donors (Lipinski definition) is 2.